The standard InChI is InChI=1S/C23H25N3O9/c1-5-13(3)34-20-17(26(30)31)10-14(11-19(20)33-6-2)9-16-21(27)25(23(29)24-16)12-15-7-8-18(35-15)22(28)32-4/h7-11,13H,5-6,12H2,1-4H3,(H,24,29)/b16-9-/t13-/m1/s1. The number of furan rings is 1. The number of nitrogens with one attached hydrogen (secondary N) is 1. The van der Waals surface area contributed by atoms with E-state index in [0.717, 1.165) is 4.90 Å². The first-order chi connectivity index (χ1) is 16.7. The van der Waals surface area contributed by atoms with Crippen LogP contribution in [0.4, 0.5) is 10.5 Å². The van der Waals surface area contributed by atoms with Gasteiger partial charge in [0, 0.05) is 6.07 Å². The van der Waals surface area contributed by atoms with E-state index >= 15 is 0 Å². The average molecular weight is 487 g/mol. The van der Waals surface area contributed by atoms with Crippen molar-refractivity contribution in [2.24, 2.45) is 0 Å². The molecular formula is C23H25N3O9. The van der Waals surface area contributed by atoms with E-state index < -0.39 is 22.8 Å². The first kappa shape index (κ1) is 25.3. The Morgan fingerprint density at radius 3 is 2.66 bits per heavy atom. The Kier molecular flexibility index (Phi) is 7.74. The number of imide groups is 1. The van der Waals surface area contributed by atoms with E-state index in [1.807, 2.05) is 6.92 Å². The molecule has 2 aromatic rings. The van der Waals surface area contributed by atoms with Gasteiger partial charge in [-0.25, -0.2) is 9.59 Å². The molecule has 0 radical (unpaired) electrons. The Bertz CT molecular complexity index is 1180. The average Bonchev–Trinajstić information content (AvgIpc) is 3.40. The van der Waals surface area contributed by atoms with Crippen molar-refractivity contribution in [3.63, 3.8) is 0 Å². The number of nitro groups is 1. The van der Waals surface area contributed by atoms with Gasteiger partial charge in [0.1, 0.15) is 11.5 Å². The molecule has 0 aliphatic carbocycles. The summed E-state index contributed by atoms with van der Waals surface area (Å²) in [4.78, 5) is 48.8. The number of amides is 3. The molecule has 0 bridgehead atoms. The Hall–Kier alpha value is -4.35. The van der Waals surface area contributed by atoms with Crippen molar-refractivity contribution in [2.75, 3.05) is 13.7 Å². The lowest BCUT2D eigenvalue weighted by Gasteiger charge is -2.17. The molecule has 3 amide bonds. The van der Waals surface area contributed by atoms with Crippen LogP contribution in [0.2, 0.25) is 0 Å². The van der Waals surface area contributed by atoms with Gasteiger partial charge in [0.25, 0.3) is 5.91 Å². The summed E-state index contributed by atoms with van der Waals surface area (Å²) in [5, 5.41) is 14.2. The summed E-state index contributed by atoms with van der Waals surface area (Å²) in [5.74, 6) is -1.10. The fourth-order valence-corrected chi connectivity index (χ4v) is 3.20. The monoisotopic (exact) mass is 487 g/mol. The van der Waals surface area contributed by atoms with Crippen LogP contribution in [0, 0.1) is 10.1 Å². The second-order valence-electron chi connectivity index (χ2n) is 7.53. The van der Waals surface area contributed by atoms with E-state index in [2.05, 4.69) is 10.1 Å². The summed E-state index contributed by atoms with van der Waals surface area (Å²) >= 11 is 0. The van der Waals surface area contributed by atoms with Gasteiger partial charge in [-0.05, 0) is 50.1 Å². The van der Waals surface area contributed by atoms with Crippen LogP contribution in [0.15, 0.2) is 34.4 Å². The van der Waals surface area contributed by atoms with Crippen molar-refractivity contribution in [1.82, 2.24) is 10.2 Å². The van der Waals surface area contributed by atoms with Crippen LogP contribution < -0.4 is 14.8 Å². The number of methoxy groups -OCH3 is 1. The lowest BCUT2D eigenvalue weighted by atomic mass is 10.1. The molecule has 1 N–H and O–H groups in total. The zero-order valence-electron chi connectivity index (χ0n) is 19.7. The number of hydrogen-bond acceptors (Lipinski definition) is 9. The molecular weight excluding hydrogens is 462 g/mol. The van der Waals surface area contributed by atoms with E-state index in [1.165, 1.54) is 37.5 Å². The van der Waals surface area contributed by atoms with Gasteiger partial charge in [-0.15, -0.1) is 0 Å². The fraction of sp³-hybridized carbons (Fsp3) is 0.348. The maximum absolute atomic E-state index is 12.9. The maximum Gasteiger partial charge on any atom is 0.373 e. The molecule has 1 aliphatic heterocycles. The number of carbonyl (C=O) groups excluding carboxylic acids is 3. The highest BCUT2D eigenvalue weighted by molar-refractivity contribution is 6.13. The number of nitrogens with zero attached hydrogens (tertiary/aromatic N) is 2. The minimum atomic E-state index is -0.714. The Morgan fingerprint density at radius 1 is 1.29 bits per heavy atom. The van der Waals surface area contributed by atoms with Crippen LogP contribution in [0.1, 0.15) is 49.1 Å². The van der Waals surface area contributed by atoms with E-state index in [4.69, 9.17) is 13.9 Å². The first-order valence-electron chi connectivity index (χ1n) is 10.8. The number of esters is 1. The zero-order valence-corrected chi connectivity index (χ0v) is 19.7. The van der Waals surface area contributed by atoms with Crippen molar-refractivity contribution in [1.29, 1.82) is 0 Å². The Morgan fingerprint density at radius 2 is 2.03 bits per heavy atom. The summed E-state index contributed by atoms with van der Waals surface area (Å²) in [7, 11) is 1.20. The van der Waals surface area contributed by atoms with Gasteiger partial charge in [-0.2, -0.15) is 0 Å². The summed E-state index contributed by atoms with van der Waals surface area (Å²) in [6.45, 7) is 5.39. The Labute approximate surface area is 200 Å². The second-order valence-corrected chi connectivity index (χ2v) is 7.53. The van der Waals surface area contributed by atoms with Crippen molar-refractivity contribution >= 4 is 29.7 Å². The second kappa shape index (κ2) is 10.7. The molecule has 1 aromatic heterocycles. The third-order valence-electron chi connectivity index (χ3n) is 5.08. The van der Waals surface area contributed by atoms with E-state index in [0.29, 0.717) is 6.42 Å². The van der Waals surface area contributed by atoms with Crippen molar-refractivity contribution < 1.29 is 37.9 Å². The lowest BCUT2D eigenvalue weighted by Crippen LogP contribution is -2.30. The molecule has 0 spiro atoms. The van der Waals surface area contributed by atoms with Crippen molar-refractivity contribution in [3.05, 3.63) is 57.2 Å². The SMILES string of the molecule is CCOc1cc(/C=C2\NC(=O)N(Cc3ccc(C(=O)OC)o3)C2=O)cc([N+](=O)[O-])c1O[C@H](C)CC. The highest BCUT2D eigenvalue weighted by atomic mass is 16.6. The summed E-state index contributed by atoms with van der Waals surface area (Å²) < 4.78 is 21.2. The molecule has 1 aliphatic rings. The topological polar surface area (TPSA) is 150 Å². The third-order valence-corrected chi connectivity index (χ3v) is 5.08. The van der Waals surface area contributed by atoms with Crippen LogP contribution >= 0.6 is 0 Å². The number of benzene rings is 1. The molecule has 3 rings (SSSR count). The van der Waals surface area contributed by atoms with E-state index in [1.54, 1.807) is 13.8 Å². The molecule has 1 fully saturated rings. The normalized spacial score (nSPS) is 15.2. The molecule has 12 heteroatoms. The Balaban J connectivity index is 1.91. The third kappa shape index (κ3) is 5.60. The van der Waals surface area contributed by atoms with E-state index in [9.17, 15) is 24.5 Å². The number of carbonyl (C=O) groups is 3. The number of urea groups is 1. The predicted octanol–water partition coefficient (Wildman–Crippen LogP) is 3.64. The van der Waals surface area contributed by atoms with Gasteiger partial charge in [-0.3, -0.25) is 19.8 Å². The maximum atomic E-state index is 12.9. The fourth-order valence-electron chi connectivity index (χ4n) is 3.20. The molecule has 12 nitrogen and oxygen atoms in total. The molecule has 0 saturated carbocycles. The number of rotatable bonds is 10. The number of nitro benzene ring substituents is 1. The molecule has 1 aromatic carbocycles. The predicted molar refractivity (Wildman–Crippen MR) is 122 cm³/mol. The zero-order chi connectivity index (χ0) is 25.7. The summed E-state index contributed by atoms with van der Waals surface area (Å²) in [5.41, 5.74) is -0.169. The summed E-state index contributed by atoms with van der Waals surface area (Å²) in [6.07, 6.45) is 1.65. The van der Waals surface area contributed by atoms with Crippen LogP contribution in [0.5, 0.6) is 11.5 Å². The van der Waals surface area contributed by atoms with Gasteiger partial charge in [0.15, 0.2) is 5.75 Å². The largest absolute Gasteiger partial charge is 0.490 e. The minimum absolute atomic E-state index is 0.00371. The molecule has 1 saturated heterocycles. The molecule has 2 heterocycles. The number of hydrogen-bond donors (Lipinski definition) is 1. The highest BCUT2D eigenvalue weighted by Crippen LogP contribution is 2.40. The van der Waals surface area contributed by atoms with E-state index in [-0.39, 0.29) is 59.2 Å². The van der Waals surface area contributed by atoms with Gasteiger partial charge in [0.05, 0.1) is 31.3 Å². The van der Waals surface area contributed by atoms with Crippen molar-refractivity contribution in [3.8, 4) is 11.5 Å². The smallest absolute Gasteiger partial charge is 0.373 e. The molecule has 0 unspecified atom stereocenters. The quantitative estimate of drug-likeness (QED) is 0.174. The number of ether oxygens (including phenoxy) is 3. The van der Waals surface area contributed by atoms with Gasteiger partial charge in [0.2, 0.25) is 11.5 Å². The van der Waals surface area contributed by atoms with Crippen LogP contribution in [0.3, 0.4) is 0 Å². The first-order valence-corrected chi connectivity index (χ1v) is 10.8. The molecule has 35 heavy (non-hydrogen) atoms. The van der Waals surface area contributed by atoms with Gasteiger partial charge in [-0.1, -0.05) is 6.92 Å². The summed E-state index contributed by atoms with van der Waals surface area (Å²) in [6, 6.07) is 4.84. The minimum Gasteiger partial charge on any atom is -0.490 e. The molecule has 186 valence electrons. The lowest BCUT2D eigenvalue weighted by molar-refractivity contribution is -0.386. The highest BCUT2D eigenvalue weighted by Gasteiger charge is 2.35. The van der Waals surface area contributed by atoms with Crippen LogP contribution in [0.25, 0.3) is 6.08 Å². The van der Waals surface area contributed by atoms with Crippen LogP contribution in [-0.4, -0.2) is 47.6 Å². The van der Waals surface area contributed by atoms with Gasteiger partial charge < -0.3 is 23.9 Å². The van der Waals surface area contributed by atoms with Gasteiger partial charge >= 0.3 is 17.7 Å². The van der Waals surface area contributed by atoms with Crippen molar-refractivity contribution in [2.45, 2.75) is 39.8 Å². The molecule has 1 atom stereocenters. The van der Waals surface area contributed by atoms with Crippen LogP contribution in [-0.2, 0) is 16.1 Å².